The van der Waals surface area contributed by atoms with Crippen LogP contribution < -0.4 is 10.2 Å². The Labute approximate surface area is 295 Å². The van der Waals surface area contributed by atoms with Crippen molar-refractivity contribution in [3.8, 4) is 0 Å². The normalized spacial score (nSPS) is 16.0. The molecule has 1 aromatic rings. The standard InChI is InChI=1S/C27H33I3N2O12/c1-13(33)39-8-7-32(26(38)19-12-42-27(5,6)44-19)24-22(29)18(11-41-15(3)35)21(28)20(23(24)30)25(37)31-9-17(43-16(4)36)10-40-14(2)34/h17,19H,7-12H2,1-6H3,(H,31,37). The molecule has 0 radical (unpaired) electrons. The molecule has 0 aliphatic carbocycles. The molecule has 1 saturated heterocycles. The zero-order valence-electron chi connectivity index (χ0n) is 24.9. The van der Waals surface area contributed by atoms with Gasteiger partial charge in [0.05, 0.1) is 34.5 Å². The van der Waals surface area contributed by atoms with Gasteiger partial charge in [-0.25, -0.2) is 0 Å². The minimum absolute atomic E-state index is 0.0268. The highest BCUT2D eigenvalue weighted by Gasteiger charge is 2.41. The van der Waals surface area contributed by atoms with Gasteiger partial charge in [0.15, 0.2) is 18.0 Å². The van der Waals surface area contributed by atoms with Crippen LogP contribution in [0.4, 0.5) is 5.69 Å². The number of nitrogens with zero attached hydrogens (tertiary/aromatic N) is 1. The third-order valence-electron chi connectivity index (χ3n) is 5.77. The molecule has 0 bridgehead atoms. The maximum Gasteiger partial charge on any atom is 0.303 e. The number of benzene rings is 1. The molecule has 1 heterocycles. The summed E-state index contributed by atoms with van der Waals surface area (Å²) in [6, 6.07) is 0. The number of hydrogen-bond donors (Lipinski definition) is 1. The van der Waals surface area contributed by atoms with E-state index >= 15 is 0 Å². The van der Waals surface area contributed by atoms with Crippen molar-refractivity contribution in [3.05, 3.63) is 21.8 Å². The molecular weight excluding hydrogens is 925 g/mol. The van der Waals surface area contributed by atoms with Crippen LogP contribution in [0.2, 0.25) is 0 Å². The maximum absolute atomic E-state index is 13.9. The molecule has 0 aromatic heterocycles. The molecule has 2 rings (SSSR count). The Morgan fingerprint density at radius 2 is 1.52 bits per heavy atom. The third kappa shape index (κ3) is 11.2. The van der Waals surface area contributed by atoms with E-state index in [1.807, 2.05) is 67.8 Å². The van der Waals surface area contributed by atoms with Crippen molar-refractivity contribution >= 4 is 109 Å². The number of halogens is 3. The van der Waals surface area contributed by atoms with E-state index in [0.717, 1.165) is 0 Å². The van der Waals surface area contributed by atoms with Gasteiger partial charge in [0.25, 0.3) is 11.8 Å². The van der Waals surface area contributed by atoms with Gasteiger partial charge in [-0.15, -0.1) is 0 Å². The molecule has 2 atom stereocenters. The van der Waals surface area contributed by atoms with Gasteiger partial charge in [0, 0.05) is 40.4 Å². The van der Waals surface area contributed by atoms with E-state index in [-0.39, 0.29) is 45.1 Å². The fraction of sp³-hybridized carbons (Fsp3) is 0.556. The van der Waals surface area contributed by atoms with Gasteiger partial charge in [-0.05, 0) is 81.6 Å². The average Bonchev–Trinajstić information content (AvgIpc) is 3.27. The minimum Gasteiger partial charge on any atom is -0.464 e. The number of anilines is 1. The van der Waals surface area contributed by atoms with Crippen molar-refractivity contribution in [1.82, 2.24) is 5.32 Å². The van der Waals surface area contributed by atoms with Crippen LogP contribution in [0.15, 0.2) is 0 Å². The zero-order valence-corrected chi connectivity index (χ0v) is 31.3. The number of carbonyl (C=O) groups excluding carboxylic acids is 6. The van der Waals surface area contributed by atoms with Gasteiger partial charge in [0.2, 0.25) is 0 Å². The van der Waals surface area contributed by atoms with E-state index in [1.54, 1.807) is 13.8 Å². The number of hydrogen-bond acceptors (Lipinski definition) is 12. The Hall–Kier alpha value is -1.85. The highest BCUT2D eigenvalue weighted by Crippen LogP contribution is 2.39. The molecular formula is C27H33I3N2O12. The zero-order chi connectivity index (χ0) is 33.4. The van der Waals surface area contributed by atoms with Crippen LogP contribution >= 0.6 is 67.8 Å². The quantitative estimate of drug-likeness (QED) is 0.175. The van der Waals surface area contributed by atoms with Gasteiger partial charge < -0.3 is 38.6 Å². The summed E-state index contributed by atoms with van der Waals surface area (Å²) < 4.78 is 33.3. The highest BCUT2D eigenvalue weighted by molar-refractivity contribution is 14.1. The number of rotatable bonds is 13. The van der Waals surface area contributed by atoms with Crippen LogP contribution in [0.25, 0.3) is 0 Å². The van der Waals surface area contributed by atoms with Gasteiger partial charge in [-0.3, -0.25) is 28.8 Å². The first-order valence-corrected chi connectivity index (χ1v) is 16.4. The Morgan fingerprint density at radius 1 is 0.909 bits per heavy atom. The average molecular weight is 958 g/mol. The summed E-state index contributed by atoms with van der Waals surface area (Å²) in [5.74, 6) is -4.44. The summed E-state index contributed by atoms with van der Waals surface area (Å²) in [5, 5.41) is 2.70. The second kappa shape index (κ2) is 17.2. The molecule has 0 saturated carbocycles. The van der Waals surface area contributed by atoms with E-state index in [0.29, 0.717) is 22.0 Å². The van der Waals surface area contributed by atoms with Gasteiger partial charge in [-0.2, -0.15) is 0 Å². The fourth-order valence-corrected chi connectivity index (χ4v) is 8.46. The Bertz CT molecular complexity index is 1300. The molecule has 14 nitrogen and oxygen atoms in total. The Kier molecular flexibility index (Phi) is 15.0. The van der Waals surface area contributed by atoms with Crippen molar-refractivity contribution in [3.63, 3.8) is 0 Å². The van der Waals surface area contributed by atoms with Crippen molar-refractivity contribution in [2.45, 2.75) is 66.1 Å². The van der Waals surface area contributed by atoms with Crippen LogP contribution in [-0.2, 0) is 59.0 Å². The lowest BCUT2D eigenvalue weighted by Crippen LogP contribution is -2.44. The summed E-state index contributed by atoms with van der Waals surface area (Å²) in [6.07, 6.45) is -1.96. The smallest absolute Gasteiger partial charge is 0.303 e. The first-order valence-electron chi connectivity index (χ1n) is 13.1. The van der Waals surface area contributed by atoms with Crippen LogP contribution in [0.1, 0.15) is 57.5 Å². The molecule has 2 amide bonds. The van der Waals surface area contributed by atoms with Crippen molar-refractivity contribution < 1.29 is 57.2 Å². The first-order chi connectivity index (χ1) is 20.4. The van der Waals surface area contributed by atoms with Gasteiger partial charge in [0.1, 0.15) is 19.8 Å². The van der Waals surface area contributed by atoms with Crippen LogP contribution in [0, 0.1) is 10.7 Å². The van der Waals surface area contributed by atoms with Crippen molar-refractivity contribution in [1.29, 1.82) is 0 Å². The first kappa shape index (κ1) is 38.3. The lowest BCUT2D eigenvalue weighted by atomic mass is 10.1. The number of nitrogens with one attached hydrogen (secondary N) is 1. The Balaban J connectivity index is 2.62. The van der Waals surface area contributed by atoms with E-state index < -0.39 is 53.7 Å². The van der Waals surface area contributed by atoms with E-state index in [9.17, 15) is 28.8 Å². The lowest BCUT2D eigenvalue weighted by molar-refractivity contribution is -0.155. The third-order valence-corrected chi connectivity index (χ3v) is 9.17. The summed E-state index contributed by atoms with van der Waals surface area (Å²) in [5.41, 5.74) is 0.903. The van der Waals surface area contributed by atoms with Gasteiger partial charge >= 0.3 is 23.9 Å². The molecule has 1 fully saturated rings. The SMILES string of the molecule is CC(=O)OCCN(C(=O)C1COC(C)(C)O1)c1c(I)c(COC(C)=O)c(I)c(C(=O)NCC(COC(C)=O)OC(C)=O)c1I. The van der Waals surface area contributed by atoms with E-state index in [1.165, 1.54) is 32.6 Å². The summed E-state index contributed by atoms with van der Waals surface area (Å²) >= 11 is 5.92. The second-order valence-corrected chi connectivity index (χ2v) is 13.1. The topological polar surface area (TPSA) is 173 Å². The highest BCUT2D eigenvalue weighted by atomic mass is 127. The van der Waals surface area contributed by atoms with Gasteiger partial charge in [-0.1, -0.05) is 0 Å². The molecule has 1 N–H and O–H groups in total. The molecule has 0 spiro atoms. The fourth-order valence-electron chi connectivity index (χ4n) is 3.91. The molecule has 244 valence electrons. The number of carbonyl (C=O) groups is 6. The molecule has 1 aliphatic rings. The minimum atomic E-state index is -1.01. The summed E-state index contributed by atoms with van der Waals surface area (Å²) in [6.45, 7) is 7.26. The molecule has 17 heteroatoms. The van der Waals surface area contributed by atoms with Crippen LogP contribution in [-0.4, -0.2) is 86.6 Å². The largest absolute Gasteiger partial charge is 0.464 e. The molecule has 1 aromatic carbocycles. The van der Waals surface area contributed by atoms with Crippen LogP contribution in [0.3, 0.4) is 0 Å². The molecule has 2 unspecified atom stereocenters. The molecule has 44 heavy (non-hydrogen) atoms. The number of ether oxygens (including phenoxy) is 6. The monoisotopic (exact) mass is 958 g/mol. The van der Waals surface area contributed by atoms with Crippen molar-refractivity contribution in [2.24, 2.45) is 0 Å². The lowest BCUT2D eigenvalue weighted by Gasteiger charge is -2.30. The maximum atomic E-state index is 13.9. The second-order valence-electron chi connectivity index (χ2n) is 9.82. The predicted molar refractivity (Wildman–Crippen MR) is 178 cm³/mol. The Morgan fingerprint density at radius 3 is 2.05 bits per heavy atom. The number of esters is 4. The van der Waals surface area contributed by atoms with Crippen molar-refractivity contribution in [2.75, 3.05) is 37.8 Å². The van der Waals surface area contributed by atoms with E-state index in [4.69, 9.17) is 28.4 Å². The predicted octanol–water partition coefficient (Wildman–Crippen LogP) is 2.84. The molecule has 1 aliphatic heterocycles. The van der Waals surface area contributed by atoms with E-state index in [2.05, 4.69) is 5.32 Å². The summed E-state index contributed by atoms with van der Waals surface area (Å²) in [7, 11) is 0. The number of amides is 2. The summed E-state index contributed by atoms with van der Waals surface area (Å²) in [4.78, 5) is 75.1. The van der Waals surface area contributed by atoms with Crippen LogP contribution in [0.5, 0.6) is 0 Å².